The van der Waals surface area contributed by atoms with Gasteiger partial charge in [0.15, 0.2) is 5.78 Å². The number of nitrogens with zero attached hydrogens (tertiary/aromatic N) is 1. The Morgan fingerprint density at radius 2 is 2.16 bits per heavy atom. The summed E-state index contributed by atoms with van der Waals surface area (Å²) in [5.74, 6) is 1.12. The Morgan fingerprint density at radius 1 is 1.42 bits per heavy atom. The van der Waals surface area contributed by atoms with E-state index in [0.29, 0.717) is 12.5 Å². The number of hydrogen-bond acceptors (Lipinski definition) is 2. The van der Waals surface area contributed by atoms with Crippen molar-refractivity contribution in [3.05, 3.63) is 34.3 Å². The summed E-state index contributed by atoms with van der Waals surface area (Å²) in [5, 5.41) is 0. The average molecular weight is 324 g/mol. The molecule has 0 aromatic heterocycles. The molecule has 2 nitrogen and oxygen atoms in total. The molecule has 0 saturated heterocycles. The highest BCUT2D eigenvalue weighted by atomic mass is 79.9. The third-order valence-electron chi connectivity index (χ3n) is 3.69. The van der Waals surface area contributed by atoms with Gasteiger partial charge in [-0.15, -0.1) is 0 Å². The van der Waals surface area contributed by atoms with E-state index in [1.54, 1.807) is 0 Å². The maximum absolute atomic E-state index is 12.2. The van der Waals surface area contributed by atoms with Gasteiger partial charge in [-0.2, -0.15) is 0 Å². The molecule has 0 radical (unpaired) electrons. The van der Waals surface area contributed by atoms with Crippen LogP contribution in [0, 0.1) is 5.92 Å². The molecule has 0 atom stereocenters. The molecule has 1 aromatic carbocycles. The minimum atomic E-state index is 0.239. The Kier molecular flexibility index (Phi) is 5.17. The van der Waals surface area contributed by atoms with Crippen molar-refractivity contribution in [2.45, 2.75) is 39.2 Å². The maximum Gasteiger partial charge on any atom is 0.164 e. The van der Waals surface area contributed by atoms with Crippen LogP contribution in [0.5, 0.6) is 0 Å². The fourth-order valence-corrected chi connectivity index (χ4v) is 2.64. The lowest BCUT2D eigenvalue weighted by Gasteiger charge is -2.26. The van der Waals surface area contributed by atoms with Gasteiger partial charge in [-0.3, -0.25) is 4.79 Å². The molecule has 3 heteroatoms. The lowest BCUT2D eigenvalue weighted by Crippen LogP contribution is -2.34. The summed E-state index contributed by atoms with van der Waals surface area (Å²) >= 11 is 3.41. The van der Waals surface area contributed by atoms with Gasteiger partial charge in [0.05, 0.1) is 0 Å². The monoisotopic (exact) mass is 323 g/mol. The highest BCUT2D eigenvalue weighted by molar-refractivity contribution is 9.10. The van der Waals surface area contributed by atoms with Crippen LogP contribution in [0.2, 0.25) is 0 Å². The lowest BCUT2D eigenvalue weighted by atomic mass is 10.1. The van der Waals surface area contributed by atoms with Crippen LogP contribution in [0.4, 0.5) is 0 Å². The van der Waals surface area contributed by atoms with E-state index in [0.717, 1.165) is 29.0 Å². The number of carbonyl (C=O) groups is 1. The molecule has 0 amide bonds. The van der Waals surface area contributed by atoms with E-state index in [-0.39, 0.29) is 5.78 Å². The molecule has 1 aromatic rings. The zero-order chi connectivity index (χ0) is 13.8. The zero-order valence-corrected chi connectivity index (χ0v) is 13.3. The highest BCUT2D eigenvalue weighted by Crippen LogP contribution is 2.30. The molecule has 0 heterocycles. The van der Waals surface area contributed by atoms with Crippen molar-refractivity contribution in [2.75, 3.05) is 13.1 Å². The van der Waals surface area contributed by atoms with Gasteiger partial charge in [-0.05, 0) is 44.7 Å². The zero-order valence-electron chi connectivity index (χ0n) is 11.7. The molecule has 1 fully saturated rings. The topological polar surface area (TPSA) is 20.3 Å². The fraction of sp³-hybridized carbons (Fsp3) is 0.562. The van der Waals surface area contributed by atoms with E-state index in [4.69, 9.17) is 0 Å². The van der Waals surface area contributed by atoms with E-state index < -0.39 is 0 Å². The number of carbonyl (C=O) groups excluding carboxylic acids is 1. The number of hydrogen-bond donors (Lipinski definition) is 0. The van der Waals surface area contributed by atoms with Crippen LogP contribution in [-0.4, -0.2) is 29.8 Å². The molecule has 0 unspecified atom stereocenters. The van der Waals surface area contributed by atoms with E-state index >= 15 is 0 Å². The van der Waals surface area contributed by atoms with Gasteiger partial charge >= 0.3 is 0 Å². The van der Waals surface area contributed by atoms with Crippen molar-refractivity contribution in [3.63, 3.8) is 0 Å². The van der Waals surface area contributed by atoms with Gasteiger partial charge in [0.2, 0.25) is 0 Å². The number of ketones is 1. The quantitative estimate of drug-likeness (QED) is 0.703. The minimum Gasteiger partial charge on any atom is -0.300 e. The maximum atomic E-state index is 12.2. The van der Waals surface area contributed by atoms with Crippen LogP contribution in [0.3, 0.4) is 0 Å². The number of Topliss-reactive ketones (excluding diaryl/α,β-unsaturated/α-hetero) is 1. The summed E-state index contributed by atoms with van der Waals surface area (Å²) in [6, 6.07) is 8.19. The van der Waals surface area contributed by atoms with Gasteiger partial charge in [0.25, 0.3) is 0 Å². The van der Waals surface area contributed by atoms with Crippen LogP contribution in [0.1, 0.15) is 43.5 Å². The molecule has 19 heavy (non-hydrogen) atoms. The van der Waals surface area contributed by atoms with Crippen molar-refractivity contribution in [1.82, 2.24) is 4.90 Å². The van der Waals surface area contributed by atoms with E-state index in [9.17, 15) is 4.79 Å². The SMILES string of the molecule is CC(C)N(CCC(=O)c1cccc(Br)c1)CC1CC1. The third kappa shape index (κ3) is 4.73. The second kappa shape index (κ2) is 6.67. The summed E-state index contributed by atoms with van der Waals surface area (Å²) < 4.78 is 0.969. The normalized spacial score (nSPS) is 15.2. The van der Waals surface area contributed by atoms with Crippen LogP contribution in [-0.2, 0) is 0 Å². The van der Waals surface area contributed by atoms with Crippen molar-refractivity contribution in [1.29, 1.82) is 0 Å². The molecule has 2 rings (SSSR count). The van der Waals surface area contributed by atoms with E-state index in [2.05, 4.69) is 34.7 Å². The van der Waals surface area contributed by atoms with E-state index in [1.165, 1.54) is 12.8 Å². The van der Waals surface area contributed by atoms with Crippen molar-refractivity contribution in [2.24, 2.45) is 5.92 Å². The molecule has 104 valence electrons. The summed E-state index contributed by atoms with van der Waals surface area (Å²) in [5.41, 5.74) is 0.810. The molecular formula is C16H22BrNO. The Balaban J connectivity index is 1.87. The Bertz CT molecular complexity index is 440. The van der Waals surface area contributed by atoms with Crippen LogP contribution in [0.15, 0.2) is 28.7 Å². The molecule has 1 saturated carbocycles. The number of benzene rings is 1. The average Bonchev–Trinajstić information content (AvgIpc) is 3.17. The van der Waals surface area contributed by atoms with Gasteiger partial charge in [0, 0.05) is 35.6 Å². The predicted octanol–water partition coefficient (Wildman–Crippen LogP) is 4.14. The van der Waals surface area contributed by atoms with Gasteiger partial charge in [-0.25, -0.2) is 0 Å². The molecule has 0 bridgehead atoms. The van der Waals surface area contributed by atoms with Gasteiger partial charge < -0.3 is 4.90 Å². The molecule has 0 spiro atoms. The first-order valence-electron chi connectivity index (χ1n) is 7.09. The van der Waals surface area contributed by atoms with Gasteiger partial charge in [-0.1, -0.05) is 28.1 Å². The standard InChI is InChI=1S/C16H22BrNO/c1-12(2)18(11-13-6-7-13)9-8-16(19)14-4-3-5-15(17)10-14/h3-5,10,12-13H,6-9,11H2,1-2H3. The predicted molar refractivity (Wildman–Crippen MR) is 82.5 cm³/mol. The summed E-state index contributed by atoms with van der Waals surface area (Å²) in [4.78, 5) is 14.6. The molecule has 1 aliphatic rings. The van der Waals surface area contributed by atoms with Crippen molar-refractivity contribution >= 4 is 21.7 Å². The lowest BCUT2D eigenvalue weighted by molar-refractivity contribution is 0.0953. The Labute approximate surface area is 124 Å². The molecule has 1 aliphatic carbocycles. The molecular weight excluding hydrogens is 302 g/mol. The second-order valence-corrected chi connectivity index (χ2v) is 6.63. The molecule has 0 aliphatic heterocycles. The largest absolute Gasteiger partial charge is 0.300 e. The van der Waals surface area contributed by atoms with Crippen LogP contribution < -0.4 is 0 Å². The summed E-state index contributed by atoms with van der Waals surface area (Å²) in [6.45, 7) is 6.46. The first-order chi connectivity index (χ1) is 9.06. The van der Waals surface area contributed by atoms with E-state index in [1.807, 2.05) is 24.3 Å². The number of rotatable bonds is 7. The smallest absolute Gasteiger partial charge is 0.164 e. The van der Waals surface area contributed by atoms with Crippen molar-refractivity contribution in [3.8, 4) is 0 Å². The second-order valence-electron chi connectivity index (χ2n) is 5.72. The number of halogens is 1. The molecule has 0 N–H and O–H groups in total. The Morgan fingerprint density at radius 3 is 2.74 bits per heavy atom. The van der Waals surface area contributed by atoms with Crippen molar-refractivity contribution < 1.29 is 4.79 Å². The highest BCUT2D eigenvalue weighted by Gasteiger charge is 2.25. The van der Waals surface area contributed by atoms with Crippen LogP contribution in [0.25, 0.3) is 0 Å². The Hall–Kier alpha value is -0.670. The fourth-order valence-electron chi connectivity index (χ4n) is 2.24. The summed E-state index contributed by atoms with van der Waals surface area (Å²) in [6.07, 6.45) is 3.34. The van der Waals surface area contributed by atoms with Gasteiger partial charge in [0.1, 0.15) is 0 Å². The first kappa shape index (κ1) is 14.7. The first-order valence-corrected chi connectivity index (χ1v) is 7.88. The minimum absolute atomic E-state index is 0.239. The summed E-state index contributed by atoms with van der Waals surface area (Å²) in [7, 11) is 0. The third-order valence-corrected chi connectivity index (χ3v) is 4.19. The van der Waals surface area contributed by atoms with Crippen LogP contribution >= 0.6 is 15.9 Å².